The summed E-state index contributed by atoms with van der Waals surface area (Å²) in [4.78, 5) is 5.30. The molecule has 0 aliphatic heterocycles. The molecule has 0 saturated heterocycles. The van der Waals surface area contributed by atoms with Gasteiger partial charge in [-0.05, 0) is 53.2 Å². The average Bonchev–Trinajstić information content (AvgIpc) is 3.59. The second kappa shape index (κ2) is 14.3. The van der Waals surface area contributed by atoms with Crippen LogP contribution < -0.4 is 10.6 Å². The molecule has 0 spiro atoms. The lowest BCUT2D eigenvalue weighted by molar-refractivity contribution is 0.368. The standard InChI is InChI=1S/C45H30F5N2P/c1-53(33-20-12-5-13-21-33)36-25-24-29-22-23-32(28-14-6-2-7-15-28)26-34(29)37(36)45-51-43(30-16-8-3-9-17-30)44(31-18-10-4-11-19-31)52(45)27-35-38(46)40(48)42(50)41(49)39(35)47/h2-26H,27H2,1H3. The van der Waals surface area contributed by atoms with E-state index in [0.29, 0.717) is 28.3 Å². The van der Waals surface area contributed by atoms with Gasteiger partial charge in [-0.2, -0.15) is 0 Å². The number of benzene rings is 7. The minimum absolute atomic E-state index is 0.336. The number of imidazole rings is 1. The molecule has 0 fully saturated rings. The Morgan fingerprint density at radius 3 is 1.64 bits per heavy atom. The molecule has 8 rings (SSSR count). The lowest BCUT2D eigenvalue weighted by Crippen LogP contribution is -2.17. The smallest absolute Gasteiger partial charge is 0.200 e. The molecule has 7 aromatic carbocycles. The van der Waals surface area contributed by atoms with Crippen LogP contribution >= 0.6 is 7.92 Å². The van der Waals surface area contributed by atoms with E-state index in [2.05, 4.69) is 37.0 Å². The zero-order valence-corrected chi connectivity index (χ0v) is 29.3. The highest BCUT2D eigenvalue weighted by molar-refractivity contribution is 7.72. The highest BCUT2D eigenvalue weighted by atomic mass is 31.1. The molecule has 1 unspecified atom stereocenters. The van der Waals surface area contributed by atoms with E-state index in [1.807, 2.05) is 121 Å². The first-order chi connectivity index (χ1) is 25.8. The summed E-state index contributed by atoms with van der Waals surface area (Å²) >= 11 is 0. The first kappa shape index (κ1) is 34.2. The number of nitrogens with zero attached hydrogens (tertiary/aromatic N) is 2. The molecule has 1 heterocycles. The zero-order chi connectivity index (χ0) is 36.6. The van der Waals surface area contributed by atoms with E-state index >= 15 is 8.78 Å². The Labute approximate surface area is 304 Å². The SMILES string of the molecule is CP(c1ccccc1)c1ccc2ccc(-c3ccccc3)cc2c1-c1nc(-c2ccccc2)c(-c2ccccc2)n1Cc1c(F)c(F)c(F)c(F)c1F. The first-order valence-corrected chi connectivity index (χ1v) is 18.7. The maximum atomic E-state index is 15.7. The van der Waals surface area contributed by atoms with Gasteiger partial charge in [0.25, 0.3) is 0 Å². The Morgan fingerprint density at radius 1 is 0.528 bits per heavy atom. The molecule has 0 aliphatic carbocycles. The number of halogens is 5. The number of rotatable bonds is 8. The normalized spacial score (nSPS) is 12.0. The molecule has 0 aliphatic rings. The molecular formula is C45H30F5N2P. The third-order valence-corrected chi connectivity index (χ3v) is 11.7. The molecule has 0 bridgehead atoms. The first-order valence-electron chi connectivity index (χ1n) is 16.9. The molecule has 53 heavy (non-hydrogen) atoms. The third-order valence-electron chi connectivity index (χ3n) is 9.51. The molecule has 1 aromatic heterocycles. The van der Waals surface area contributed by atoms with Gasteiger partial charge in [0.05, 0.1) is 17.9 Å². The molecule has 8 heteroatoms. The van der Waals surface area contributed by atoms with E-state index in [4.69, 9.17) is 4.98 Å². The van der Waals surface area contributed by atoms with E-state index in [-0.39, 0.29) is 0 Å². The maximum absolute atomic E-state index is 15.7. The molecule has 2 nitrogen and oxygen atoms in total. The molecule has 8 aromatic rings. The number of aromatic nitrogens is 2. The van der Waals surface area contributed by atoms with Gasteiger partial charge in [-0.1, -0.05) is 146 Å². The quantitative estimate of drug-likeness (QED) is 0.0660. The van der Waals surface area contributed by atoms with Crippen LogP contribution in [0.4, 0.5) is 22.0 Å². The minimum Gasteiger partial charge on any atom is -0.319 e. The van der Waals surface area contributed by atoms with Crippen molar-refractivity contribution in [2.75, 3.05) is 6.66 Å². The van der Waals surface area contributed by atoms with Gasteiger partial charge in [-0.15, -0.1) is 0 Å². The zero-order valence-electron chi connectivity index (χ0n) is 28.4. The van der Waals surface area contributed by atoms with E-state index in [1.165, 1.54) is 0 Å². The van der Waals surface area contributed by atoms with Crippen molar-refractivity contribution < 1.29 is 22.0 Å². The summed E-state index contributed by atoms with van der Waals surface area (Å²) in [6, 6.07) is 48.8. The van der Waals surface area contributed by atoms with Crippen molar-refractivity contribution in [1.82, 2.24) is 9.55 Å². The number of hydrogen-bond acceptors (Lipinski definition) is 1. The highest BCUT2D eigenvalue weighted by Gasteiger charge is 2.30. The minimum atomic E-state index is -2.20. The van der Waals surface area contributed by atoms with Gasteiger partial charge < -0.3 is 4.57 Å². The number of hydrogen-bond donors (Lipinski definition) is 0. The molecule has 0 amide bonds. The maximum Gasteiger partial charge on any atom is 0.200 e. The van der Waals surface area contributed by atoms with Gasteiger partial charge >= 0.3 is 0 Å². The average molecular weight is 725 g/mol. The van der Waals surface area contributed by atoms with Crippen LogP contribution in [0.3, 0.4) is 0 Å². The fourth-order valence-electron chi connectivity index (χ4n) is 6.85. The Balaban J connectivity index is 1.52. The summed E-state index contributed by atoms with van der Waals surface area (Å²) in [5, 5.41) is 3.75. The van der Waals surface area contributed by atoms with E-state index in [9.17, 15) is 13.2 Å². The Bertz CT molecular complexity index is 2560. The summed E-state index contributed by atoms with van der Waals surface area (Å²) in [5.41, 5.74) is 4.04. The van der Waals surface area contributed by atoms with Gasteiger partial charge in [0.1, 0.15) is 5.82 Å². The van der Waals surface area contributed by atoms with Crippen LogP contribution in [0.25, 0.3) is 55.8 Å². The Morgan fingerprint density at radius 2 is 1.04 bits per heavy atom. The van der Waals surface area contributed by atoms with Crippen LogP contribution in [0, 0.1) is 29.1 Å². The summed E-state index contributed by atoms with van der Waals surface area (Å²) in [6.45, 7) is 1.45. The summed E-state index contributed by atoms with van der Waals surface area (Å²) < 4.78 is 76.9. The van der Waals surface area contributed by atoms with Crippen LogP contribution in [-0.2, 0) is 6.54 Å². The highest BCUT2D eigenvalue weighted by Crippen LogP contribution is 2.43. The van der Waals surface area contributed by atoms with Crippen molar-refractivity contribution in [3.05, 3.63) is 186 Å². The van der Waals surface area contributed by atoms with E-state index < -0.39 is 49.1 Å². The van der Waals surface area contributed by atoms with Crippen LogP contribution in [0.1, 0.15) is 5.56 Å². The lowest BCUT2D eigenvalue weighted by atomic mass is 9.97. The van der Waals surface area contributed by atoms with Gasteiger partial charge in [-0.3, -0.25) is 0 Å². The molecule has 0 saturated carbocycles. The Kier molecular flexibility index (Phi) is 9.19. The third kappa shape index (κ3) is 6.21. The summed E-state index contributed by atoms with van der Waals surface area (Å²) in [6.07, 6.45) is 0. The van der Waals surface area contributed by atoms with Crippen molar-refractivity contribution >= 4 is 29.3 Å². The summed E-state index contributed by atoms with van der Waals surface area (Å²) in [7, 11) is -1.03. The van der Waals surface area contributed by atoms with Crippen LogP contribution in [0.15, 0.2) is 152 Å². The van der Waals surface area contributed by atoms with Crippen LogP contribution in [0.5, 0.6) is 0 Å². The van der Waals surface area contributed by atoms with Gasteiger partial charge in [0.2, 0.25) is 5.82 Å². The van der Waals surface area contributed by atoms with Crippen LogP contribution in [-0.4, -0.2) is 16.2 Å². The van der Waals surface area contributed by atoms with E-state index in [1.54, 1.807) is 4.57 Å². The van der Waals surface area contributed by atoms with Crippen molar-refractivity contribution in [1.29, 1.82) is 0 Å². The molecule has 0 N–H and O–H groups in total. The Hall–Kier alpha value is -5.91. The molecule has 1 atom stereocenters. The second-order valence-electron chi connectivity index (χ2n) is 12.7. The molecule has 0 radical (unpaired) electrons. The van der Waals surface area contributed by atoms with Crippen molar-refractivity contribution in [3.63, 3.8) is 0 Å². The molecule has 260 valence electrons. The van der Waals surface area contributed by atoms with Gasteiger partial charge in [0, 0.05) is 22.3 Å². The fourth-order valence-corrected chi connectivity index (χ4v) is 8.61. The van der Waals surface area contributed by atoms with Crippen molar-refractivity contribution in [2.24, 2.45) is 0 Å². The van der Waals surface area contributed by atoms with Crippen LogP contribution in [0.2, 0.25) is 0 Å². The van der Waals surface area contributed by atoms with E-state index in [0.717, 1.165) is 38.1 Å². The number of fused-ring (bicyclic) bond motifs is 1. The topological polar surface area (TPSA) is 17.8 Å². The van der Waals surface area contributed by atoms with Gasteiger partial charge in [0.15, 0.2) is 23.3 Å². The van der Waals surface area contributed by atoms with Crippen molar-refractivity contribution in [2.45, 2.75) is 6.54 Å². The second-order valence-corrected chi connectivity index (χ2v) is 14.8. The predicted molar refractivity (Wildman–Crippen MR) is 205 cm³/mol. The fraction of sp³-hybridized carbons (Fsp3) is 0.0444. The lowest BCUT2D eigenvalue weighted by Gasteiger charge is -2.22. The summed E-state index contributed by atoms with van der Waals surface area (Å²) in [5.74, 6) is -9.62. The predicted octanol–water partition coefficient (Wildman–Crippen LogP) is 11.5. The monoisotopic (exact) mass is 724 g/mol. The largest absolute Gasteiger partial charge is 0.319 e. The van der Waals surface area contributed by atoms with Crippen molar-refractivity contribution in [3.8, 4) is 45.0 Å². The van der Waals surface area contributed by atoms with Gasteiger partial charge in [-0.25, -0.2) is 26.9 Å². The molecular weight excluding hydrogens is 694 g/mol.